The summed E-state index contributed by atoms with van der Waals surface area (Å²) in [6.07, 6.45) is 1.59. The van der Waals surface area contributed by atoms with Gasteiger partial charge in [0.2, 0.25) is 0 Å². The van der Waals surface area contributed by atoms with E-state index in [-0.39, 0.29) is 12.3 Å². The summed E-state index contributed by atoms with van der Waals surface area (Å²) in [5, 5.41) is 14.7. The van der Waals surface area contributed by atoms with Crippen LogP contribution in [0.4, 0.5) is 5.69 Å². The summed E-state index contributed by atoms with van der Waals surface area (Å²) in [5.41, 5.74) is 3.91. The second-order valence-corrected chi connectivity index (χ2v) is 6.28. The van der Waals surface area contributed by atoms with Crippen LogP contribution in [0.5, 0.6) is 5.75 Å². The van der Waals surface area contributed by atoms with Gasteiger partial charge in [0.25, 0.3) is 5.69 Å². The molecule has 0 bridgehead atoms. The second kappa shape index (κ2) is 9.32. The van der Waals surface area contributed by atoms with Crippen molar-refractivity contribution in [3.63, 3.8) is 0 Å². The van der Waals surface area contributed by atoms with Crippen molar-refractivity contribution in [1.29, 1.82) is 0 Å². The minimum absolute atomic E-state index is 0.0336. The van der Waals surface area contributed by atoms with Crippen LogP contribution in [0.15, 0.2) is 78.0 Å². The maximum absolute atomic E-state index is 10.8. The Morgan fingerprint density at radius 3 is 2.39 bits per heavy atom. The lowest BCUT2D eigenvalue weighted by Gasteiger charge is -2.07. The van der Waals surface area contributed by atoms with Crippen LogP contribution < -0.4 is 4.74 Å². The first kappa shape index (κ1) is 19.1. The van der Waals surface area contributed by atoms with Gasteiger partial charge in [0.15, 0.2) is 0 Å². The largest absolute Gasteiger partial charge is 0.489 e. The summed E-state index contributed by atoms with van der Waals surface area (Å²) < 4.78 is 5.79. The maximum Gasteiger partial charge on any atom is 0.269 e. The van der Waals surface area contributed by atoms with Crippen LogP contribution in [-0.4, -0.2) is 11.1 Å². The standard InChI is InChI=1S/C22H20N2O4/c1-17-4-2-5-19(12-17)15-27-22-10-8-18(9-11-22)14-23-28-16-20-6-3-7-21(13-20)24(25)26/h2-14H,15-16H2,1H3/b23-14-. The minimum Gasteiger partial charge on any atom is -0.489 e. The highest BCUT2D eigenvalue weighted by Crippen LogP contribution is 2.15. The summed E-state index contributed by atoms with van der Waals surface area (Å²) in [7, 11) is 0. The van der Waals surface area contributed by atoms with Crippen LogP contribution in [0.3, 0.4) is 0 Å². The summed E-state index contributed by atoms with van der Waals surface area (Å²) >= 11 is 0. The molecule has 142 valence electrons. The number of benzene rings is 3. The van der Waals surface area contributed by atoms with E-state index in [2.05, 4.69) is 24.2 Å². The summed E-state index contributed by atoms with van der Waals surface area (Å²) in [6.45, 7) is 2.73. The molecule has 0 aliphatic rings. The van der Waals surface area contributed by atoms with E-state index in [9.17, 15) is 10.1 Å². The van der Waals surface area contributed by atoms with Crippen molar-refractivity contribution < 1.29 is 14.5 Å². The Balaban J connectivity index is 1.48. The average Bonchev–Trinajstić information content (AvgIpc) is 2.71. The molecule has 0 unspecified atom stereocenters. The molecule has 0 aromatic heterocycles. The first-order valence-electron chi connectivity index (χ1n) is 8.77. The molecule has 0 radical (unpaired) electrons. The van der Waals surface area contributed by atoms with Crippen molar-refractivity contribution in [3.8, 4) is 5.75 Å². The van der Waals surface area contributed by atoms with Gasteiger partial charge in [-0.25, -0.2) is 0 Å². The van der Waals surface area contributed by atoms with Crippen molar-refractivity contribution in [3.05, 3.63) is 105 Å². The van der Waals surface area contributed by atoms with Crippen LogP contribution in [0.1, 0.15) is 22.3 Å². The van der Waals surface area contributed by atoms with Crippen molar-refractivity contribution in [2.24, 2.45) is 5.16 Å². The summed E-state index contributed by atoms with van der Waals surface area (Å²) in [4.78, 5) is 15.5. The van der Waals surface area contributed by atoms with Gasteiger partial charge >= 0.3 is 0 Å². The lowest BCUT2D eigenvalue weighted by atomic mass is 10.1. The van der Waals surface area contributed by atoms with E-state index in [1.807, 2.05) is 36.4 Å². The van der Waals surface area contributed by atoms with Gasteiger partial charge in [-0.15, -0.1) is 0 Å². The number of ether oxygens (including phenoxy) is 1. The fraction of sp³-hybridized carbons (Fsp3) is 0.136. The molecule has 0 aliphatic carbocycles. The van der Waals surface area contributed by atoms with Gasteiger partial charge in [-0.05, 0) is 47.9 Å². The molecule has 0 aliphatic heterocycles. The van der Waals surface area contributed by atoms with Crippen molar-refractivity contribution in [1.82, 2.24) is 0 Å². The van der Waals surface area contributed by atoms with E-state index in [1.165, 1.54) is 17.7 Å². The average molecular weight is 376 g/mol. The molecule has 0 saturated carbocycles. The molecule has 0 N–H and O–H groups in total. The molecule has 28 heavy (non-hydrogen) atoms. The van der Waals surface area contributed by atoms with Gasteiger partial charge in [0, 0.05) is 12.1 Å². The highest BCUT2D eigenvalue weighted by Gasteiger charge is 2.05. The lowest BCUT2D eigenvalue weighted by Crippen LogP contribution is -1.96. The number of aryl methyl sites for hydroxylation is 1. The zero-order valence-electron chi connectivity index (χ0n) is 15.4. The number of hydrogen-bond acceptors (Lipinski definition) is 5. The van der Waals surface area contributed by atoms with Crippen LogP contribution in [-0.2, 0) is 18.1 Å². The van der Waals surface area contributed by atoms with E-state index in [0.29, 0.717) is 12.2 Å². The quantitative estimate of drug-likeness (QED) is 0.314. The van der Waals surface area contributed by atoms with Gasteiger partial charge in [0.05, 0.1) is 11.1 Å². The Morgan fingerprint density at radius 2 is 1.68 bits per heavy atom. The molecular formula is C22H20N2O4. The molecule has 3 aromatic carbocycles. The molecule has 0 saturated heterocycles. The van der Waals surface area contributed by atoms with Crippen LogP contribution in [0, 0.1) is 17.0 Å². The molecule has 0 heterocycles. The van der Waals surface area contributed by atoms with E-state index in [4.69, 9.17) is 9.57 Å². The van der Waals surface area contributed by atoms with Gasteiger partial charge in [0.1, 0.15) is 19.0 Å². The monoisotopic (exact) mass is 376 g/mol. The van der Waals surface area contributed by atoms with E-state index >= 15 is 0 Å². The molecule has 3 aromatic rings. The van der Waals surface area contributed by atoms with E-state index in [1.54, 1.807) is 18.3 Å². The molecule has 0 atom stereocenters. The molecule has 6 heteroatoms. The molecule has 3 rings (SSSR count). The van der Waals surface area contributed by atoms with Crippen molar-refractivity contribution in [2.45, 2.75) is 20.1 Å². The third-order valence-corrected chi connectivity index (χ3v) is 4.00. The normalized spacial score (nSPS) is 10.8. The fourth-order valence-corrected chi connectivity index (χ4v) is 2.59. The number of nitro benzene ring substituents is 1. The molecule has 0 spiro atoms. The first-order chi connectivity index (χ1) is 13.6. The van der Waals surface area contributed by atoms with Crippen LogP contribution >= 0.6 is 0 Å². The van der Waals surface area contributed by atoms with Crippen molar-refractivity contribution >= 4 is 11.9 Å². The Morgan fingerprint density at radius 1 is 0.964 bits per heavy atom. The molecule has 6 nitrogen and oxygen atoms in total. The topological polar surface area (TPSA) is 74.0 Å². The van der Waals surface area contributed by atoms with E-state index < -0.39 is 4.92 Å². The Bertz CT molecular complexity index is 968. The third kappa shape index (κ3) is 5.67. The molecular weight excluding hydrogens is 356 g/mol. The maximum atomic E-state index is 10.8. The third-order valence-electron chi connectivity index (χ3n) is 4.00. The number of nitro groups is 1. The Kier molecular flexibility index (Phi) is 6.36. The summed E-state index contributed by atoms with van der Waals surface area (Å²) in [6, 6.07) is 22.0. The number of hydrogen-bond donors (Lipinski definition) is 0. The molecule has 0 amide bonds. The van der Waals surface area contributed by atoms with Gasteiger partial charge in [-0.1, -0.05) is 47.1 Å². The first-order valence-corrected chi connectivity index (χ1v) is 8.77. The van der Waals surface area contributed by atoms with Crippen molar-refractivity contribution in [2.75, 3.05) is 0 Å². The highest BCUT2D eigenvalue weighted by molar-refractivity contribution is 5.79. The Labute approximate surface area is 163 Å². The number of oxime groups is 1. The highest BCUT2D eigenvalue weighted by atomic mass is 16.6. The lowest BCUT2D eigenvalue weighted by molar-refractivity contribution is -0.384. The summed E-state index contributed by atoms with van der Waals surface area (Å²) in [5.74, 6) is 0.774. The van der Waals surface area contributed by atoms with Gasteiger partial charge in [-0.2, -0.15) is 0 Å². The zero-order chi connectivity index (χ0) is 19.8. The number of non-ortho nitro benzene ring substituents is 1. The molecule has 0 fully saturated rings. The second-order valence-electron chi connectivity index (χ2n) is 6.28. The smallest absolute Gasteiger partial charge is 0.269 e. The Hall–Kier alpha value is -3.67. The number of rotatable bonds is 8. The minimum atomic E-state index is -0.435. The van der Waals surface area contributed by atoms with Crippen LogP contribution in [0.2, 0.25) is 0 Å². The predicted octanol–water partition coefficient (Wildman–Crippen LogP) is 5.03. The zero-order valence-corrected chi connectivity index (χ0v) is 15.4. The number of nitrogens with zero attached hydrogens (tertiary/aromatic N) is 2. The van der Waals surface area contributed by atoms with Crippen LogP contribution in [0.25, 0.3) is 0 Å². The SMILES string of the molecule is Cc1cccc(COc2ccc(/C=N\OCc3cccc([N+](=O)[O-])c3)cc2)c1. The van der Waals surface area contributed by atoms with E-state index in [0.717, 1.165) is 16.9 Å². The van der Waals surface area contributed by atoms with Gasteiger partial charge < -0.3 is 9.57 Å². The van der Waals surface area contributed by atoms with Gasteiger partial charge in [-0.3, -0.25) is 10.1 Å². The fourth-order valence-electron chi connectivity index (χ4n) is 2.59. The predicted molar refractivity (Wildman–Crippen MR) is 107 cm³/mol.